The molecule has 1 fully saturated rings. The number of amides is 2. The predicted octanol–water partition coefficient (Wildman–Crippen LogP) is 4.35. The average Bonchev–Trinajstić information content (AvgIpc) is 3.96. The lowest BCUT2D eigenvalue weighted by molar-refractivity contribution is -0.130. The van der Waals surface area contributed by atoms with E-state index in [-0.39, 0.29) is 30.3 Å². The number of benzene rings is 3. The minimum Gasteiger partial charge on any atom is -0.469 e. The molecule has 5 N–H and O–H groups in total. The second kappa shape index (κ2) is 9.60. The summed E-state index contributed by atoms with van der Waals surface area (Å²) in [5.41, 5.74) is 6.99. The number of carbonyl (C=O) groups excluding carboxylic acids is 2. The Hall–Kier alpha value is -5.88. The Labute approximate surface area is 278 Å². The van der Waals surface area contributed by atoms with Gasteiger partial charge in [0, 0.05) is 51.5 Å². The zero-order valence-electron chi connectivity index (χ0n) is 26.1. The first-order valence-electron chi connectivity index (χ1n) is 16.6. The minimum absolute atomic E-state index is 0.0000427. The van der Waals surface area contributed by atoms with Gasteiger partial charge in [-0.3, -0.25) is 9.59 Å². The number of para-hydroxylation sites is 1. The molecule has 12 heteroatoms. The molecule has 2 amide bonds. The van der Waals surface area contributed by atoms with Gasteiger partial charge in [-0.05, 0) is 42.6 Å². The summed E-state index contributed by atoms with van der Waals surface area (Å²) in [7, 11) is 0. The lowest BCUT2D eigenvalue weighted by Gasteiger charge is -2.28. The smallest absolute Gasteiger partial charge is 0.249 e. The number of anilines is 1. The van der Waals surface area contributed by atoms with Crippen molar-refractivity contribution >= 4 is 28.4 Å². The summed E-state index contributed by atoms with van der Waals surface area (Å²) in [5.74, 6) is 1.86. The number of fused-ring (bicyclic) bond motifs is 7. The molecule has 3 aromatic carbocycles. The molecule has 5 aliphatic heterocycles. The molecule has 0 radical (unpaired) electrons. The lowest BCUT2D eigenvalue weighted by Crippen LogP contribution is -2.52. The van der Waals surface area contributed by atoms with Crippen molar-refractivity contribution < 1.29 is 23.2 Å². The molecule has 3 aromatic heterocycles. The number of hydrogen-bond donors (Lipinski definition) is 5. The maximum atomic E-state index is 13.7. The van der Waals surface area contributed by atoms with Gasteiger partial charge < -0.3 is 39.8 Å². The molecule has 0 aliphatic carbocycles. The normalized spacial score (nSPS) is 23.9. The highest BCUT2D eigenvalue weighted by Crippen LogP contribution is 2.61. The fraction of sp³-hybridized carbons (Fsp3) is 0.243. The second-order valence-electron chi connectivity index (χ2n) is 13.4. The Bertz CT molecular complexity index is 2400. The Morgan fingerprint density at radius 3 is 2.86 bits per heavy atom. The summed E-state index contributed by atoms with van der Waals surface area (Å²) in [6.45, 7) is 0.780. The molecule has 6 aromatic rings. The summed E-state index contributed by atoms with van der Waals surface area (Å²) >= 11 is 0. The molecular formula is C37H29N7O5. The number of nitrogens with zero attached hydrogens (tertiary/aromatic N) is 2. The van der Waals surface area contributed by atoms with Crippen LogP contribution in [0.4, 0.5) is 5.69 Å². The zero-order chi connectivity index (χ0) is 32.4. The van der Waals surface area contributed by atoms with Crippen molar-refractivity contribution in [3.63, 3.8) is 0 Å². The third-order valence-electron chi connectivity index (χ3n) is 10.7. The quantitative estimate of drug-likeness (QED) is 0.184. The molecule has 242 valence electrons. The maximum Gasteiger partial charge on any atom is 0.249 e. The van der Waals surface area contributed by atoms with E-state index in [4.69, 9.17) is 23.5 Å². The van der Waals surface area contributed by atoms with Gasteiger partial charge in [-0.2, -0.15) is 0 Å². The third kappa shape index (κ3) is 3.61. The standard InChI is InChI=1S/C37H29N7O5/c45-33-25(42-34(46)24-8-3-11-38-24)13-17-9-10-26-22(12-17)37-21-6-1-5-19(30(21)44-36(37)48-26)18-4-2-7-23-29(18)20(14-39-23)27-15-41-35(47-27)31-32(37)49-28(43-31)16-40-33/h1-2,4-7,9-10,12,14-15,24-25,36,38-39,44H,3,8,11,13,16H2,(H,40,45)(H,42,46)/t24-,25-,36?,37?/m0/s1. The van der Waals surface area contributed by atoms with Crippen LogP contribution in [0.2, 0.25) is 0 Å². The number of carbonyl (C=O) groups is 2. The van der Waals surface area contributed by atoms with Crippen LogP contribution in [0.5, 0.6) is 5.75 Å². The van der Waals surface area contributed by atoms with Gasteiger partial charge in [0.05, 0.1) is 18.8 Å². The van der Waals surface area contributed by atoms with Crippen molar-refractivity contribution in [3.05, 3.63) is 95.3 Å². The molecule has 49 heavy (non-hydrogen) atoms. The van der Waals surface area contributed by atoms with Gasteiger partial charge in [-0.1, -0.05) is 42.5 Å². The summed E-state index contributed by atoms with van der Waals surface area (Å²) in [6, 6.07) is 17.4. The van der Waals surface area contributed by atoms with E-state index in [0.717, 1.165) is 69.4 Å². The number of oxazole rings is 2. The predicted molar refractivity (Wildman–Crippen MR) is 178 cm³/mol. The Balaban J connectivity index is 1.18. The molecule has 11 rings (SSSR count). The molecule has 12 nitrogen and oxygen atoms in total. The van der Waals surface area contributed by atoms with Crippen molar-refractivity contribution in [1.82, 2.24) is 30.9 Å². The first-order valence-corrected chi connectivity index (χ1v) is 16.6. The van der Waals surface area contributed by atoms with Gasteiger partial charge in [-0.15, -0.1) is 0 Å². The van der Waals surface area contributed by atoms with Gasteiger partial charge in [-0.25, -0.2) is 9.97 Å². The molecule has 5 aliphatic rings. The van der Waals surface area contributed by atoms with E-state index in [1.807, 2.05) is 24.4 Å². The van der Waals surface area contributed by atoms with Crippen LogP contribution in [0.1, 0.15) is 41.2 Å². The number of ether oxygens (including phenoxy) is 1. The second-order valence-corrected chi connectivity index (χ2v) is 13.4. The number of nitrogens with one attached hydrogen (secondary N) is 5. The van der Waals surface area contributed by atoms with Crippen LogP contribution in [0.15, 0.2) is 75.8 Å². The third-order valence-corrected chi connectivity index (χ3v) is 10.7. The van der Waals surface area contributed by atoms with Gasteiger partial charge >= 0.3 is 0 Å². The summed E-state index contributed by atoms with van der Waals surface area (Å²) < 4.78 is 20.0. The summed E-state index contributed by atoms with van der Waals surface area (Å²) in [5, 5.41) is 14.0. The van der Waals surface area contributed by atoms with Crippen LogP contribution in [-0.2, 0) is 28.0 Å². The van der Waals surface area contributed by atoms with Crippen LogP contribution in [-0.4, -0.2) is 51.6 Å². The summed E-state index contributed by atoms with van der Waals surface area (Å²) in [4.78, 5) is 40.0. The number of H-pyrrole nitrogens is 1. The van der Waals surface area contributed by atoms with Crippen LogP contribution in [0.25, 0.3) is 44.9 Å². The SMILES string of the molecule is O=C(N[C@H]1Cc2ccc3c(c2)C24c5cccc(c5NC2O3)-c2cccc3[nH]cc(c23)-c2cnc(o2)-c2nc(oc24)CNC1=O)[C@@H]1CCCN1. The largest absolute Gasteiger partial charge is 0.469 e. The topological polar surface area (TPSA) is 159 Å². The van der Waals surface area contributed by atoms with Crippen molar-refractivity contribution in [2.45, 2.75) is 49.5 Å². The van der Waals surface area contributed by atoms with E-state index in [9.17, 15) is 9.59 Å². The van der Waals surface area contributed by atoms with Gasteiger partial charge in [0.2, 0.25) is 23.6 Å². The molecule has 4 atom stereocenters. The molecule has 1 spiro atoms. The monoisotopic (exact) mass is 651 g/mol. The van der Waals surface area contributed by atoms with Crippen molar-refractivity contribution in [1.29, 1.82) is 0 Å². The highest BCUT2D eigenvalue weighted by molar-refractivity contribution is 6.07. The molecule has 2 unspecified atom stereocenters. The van der Waals surface area contributed by atoms with Crippen LogP contribution in [0.3, 0.4) is 0 Å². The van der Waals surface area contributed by atoms with E-state index in [1.165, 1.54) is 0 Å². The van der Waals surface area contributed by atoms with E-state index >= 15 is 0 Å². The van der Waals surface area contributed by atoms with E-state index in [0.29, 0.717) is 35.3 Å². The fourth-order valence-corrected chi connectivity index (χ4v) is 8.53. The van der Waals surface area contributed by atoms with E-state index < -0.39 is 17.7 Å². The van der Waals surface area contributed by atoms with Crippen LogP contribution < -0.4 is 26.0 Å². The maximum absolute atomic E-state index is 13.7. The number of aromatic amines is 1. The Morgan fingerprint density at radius 2 is 1.94 bits per heavy atom. The molecule has 8 heterocycles. The van der Waals surface area contributed by atoms with Crippen LogP contribution in [0, 0.1) is 0 Å². The Kier molecular flexibility index (Phi) is 5.31. The number of aromatic nitrogens is 3. The molecular weight excluding hydrogens is 622 g/mol. The van der Waals surface area contributed by atoms with Gasteiger partial charge in [0.1, 0.15) is 17.2 Å². The Morgan fingerprint density at radius 1 is 1.02 bits per heavy atom. The lowest BCUT2D eigenvalue weighted by atomic mass is 9.72. The fourth-order valence-electron chi connectivity index (χ4n) is 8.53. The number of hydrogen-bond acceptors (Lipinski definition) is 9. The van der Waals surface area contributed by atoms with E-state index in [1.54, 1.807) is 6.20 Å². The van der Waals surface area contributed by atoms with Crippen molar-refractivity contribution in [2.75, 3.05) is 11.9 Å². The first kappa shape index (κ1) is 27.1. The molecule has 10 bridgehead atoms. The number of rotatable bonds is 2. The van der Waals surface area contributed by atoms with Crippen molar-refractivity contribution in [2.24, 2.45) is 0 Å². The molecule has 1 saturated heterocycles. The average molecular weight is 652 g/mol. The minimum atomic E-state index is -0.990. The van der Waals surface area contributed by atoms with Crippen molar-refractivity contribution in [3.8, 4) is 39.8 Å². The highest BCUT2D eigenvalue weighted by Gasteiger charge is 2.61. The first-order chi connectivity index (χ1) is 24.1. The zero-order valence-corrected chi connectivity index (χ0v) is 26.1. The van der Waals surface area contributed by atoms with Gasteiger partial charge in [0.25, 0.3) is 0 Å². The molecule has 0 saturated carbocycles. The van der Waals surface area contributed by atoms with E-state index in [2.05, 4.69) is 62.6 Å². The van der Waals surface area contributed by atoms with Crippen LogP contribution >= 0.6 is 0 Å². The highest BCUT2D eigenvalue weighted by atomic mass is 16.5. The van der Waals surface area contributed by atoms with Gasteiger partial charge in [0.15, 0.2) is 23.4 Å². The summed E-state index contributed by atoms with van der Waals surface area (Å²) in [6.07, 6.45) is 5.01.